The van der Waals surface area contributed by atoms with Gasteiger partial charge >= 0.3 is 0 Å². The van der Waals surface area contributed by atoms with Gasteiger partial charge in [0.1, 0.15) is 25.5 Å². The fourth-order valence-electron chi connectivity index (χ4n) is 0.902. The Morgan fingerprint density at radius 2 is 1.87 bits per heavy atom. The third-order valence-corrected chi connectivity index (χ3v) is 1.62. The maximum atomic E-state index is 10.2. The van der Waals surface area contributed by atoms with Crippen LogP contribution in [0.25, 0.3) is 0 Å². The van der Waals surface area contributed by atoms with Crippen LogP contribution >= 0.6 is 0 Å². The number of ether oxygens (including phenoxy) is 4. The van der Waals surface area contributed by atoms with E-state index in [4.69, 9.17) is 18.9 Å². The molecule has 1 unspecified atom stereocenters. The maximum Gasteiger partial charge on any atom is 0.147 e. The van der Waals surface area contributed by atoms with Crippen LogP contribution in [0, 0.1) is 0 Å². The summed E-state index contributed by atoms with van der Waals surface area (Å²) in [7, 11) is 3.06. The Morgan fingerprint density at radius 3 is 2.40 bits per heavy atom. The van der Waals surface area contributed by atoms with Crippen molar-refractivity contribution in [2.45, 2.75) is 12.5 Å². The molecule has 5 nitrogen and oxygen atoms in total. The standard InChI is InChI=1S/C10H18O5/c1-10(5-4-6-11,15-9-13-3)7-14-8-12-2/h4-6H,7-9H2,1-3H3/b5-4+. The fraction of sp³-hybridized carbons (Fsp3) is 0.700. The van der Waals surface area contributed by atoms with E-state index in [1.165, 1.54) is 20.3 Å². The number of methoxy groups -OCH3 is 2. The van der Waals surface area contributed by atoms with E-state index in [1.807, 2.05) is 0 Å². The zero-order chi connectivity index (χ0) is 11.6. The second-order valence-corrected chi connectivity index (χ2v) is 3.11. The molecule has 1 atom stereocenters. The number of rotatable bonds is 9. The highest BCUT2D eigenvalue weighted by molar-refractivity contribution is 5.65. The first-order chi connectivity index (χ1) is 7.18. The first-order valence-electron chi connectivity index (χ1n) is 4.51. The molecule has 15 heavy (non-hydrogen) atoms. The van der Waals surface area contributed by atoms with E-state index in [1.54, 1.807) is 13.0 Å². The summed E-state index contributed by atoms with van der Waals surface area (Å²) in [6.07, 6.45) is 3.67. The van der Waals surface area contributed by atoms with Crippen molar-refractivity contribution in [2.24, 2.45) is 0 Å². The van der Waals surface area contributed by atoms with Crippen LogP contribution in [0.1, 0.15) is 6.92 Å². The third-order valence-electron chi connectivity index (χ3n) is 1.62. The third kappa shape index (κ3) is 7.21. The molecule has 0 aromatic rings. The van der Waals surface area contributed by atoms with Crippen molar-refractivity contribution in [1.82, 2.24) is 0 Å². The normalized spacial score (nSPS) is 15.4. The van der Waals surface area contributed by atoms with Crippen LogP contribution < -0.4 is 0 Å². The molecule has 0 rings (SSSR count). The Morgan fingerprint density at radius 1 is 1.20 bits per heavy atom. The van der Waals surface area contributed by atoms with E-state index >= 15 is 0 Å². The van der Waals surface area contributed by atoms with Gasteiger partial charge in [-0.15, -0.1) is 0 Å². The van der Waals surface area contributed by atoms with Gasteiger partial charge in [0.2, 0.25) is 0 Å². The van der Waals surface area contributed by atoms with Crippen molar-refractivity contribution in [3.63, 3.8) is 0 Å². The Bertz CT molecular complexity index is 192. The maximum absolute atomic E-state index is 10.2. The van der Waals surface area contributed by atoms with Gasteiger partial charge in [-0.2, -0.15) is 0 Å². The highest BCUT2D eigenvalue weighted by atomic mass is 16.7. The second-order valence-electron chi connectivity index (χ2n) is 3.11. The van der Waals surface area contributed by atoms with Crippen LogP contribution in [0.3, 0.4) is 0 Å². The Hall–Kier alpha value is -0.750. The minimum atomic E-state index is -0.685. The smallest absolute Gasteiger partial charge is 0.147 e. The summed E-state index contributed by atoms with van der Waals surface area (Å²) in [4.78, 5) is 10.2. The largest absolute Gasteiger partial charge is 0.359 e. The van der Waals surface area contributed by atoms with Gasteiger partial charge in [0, 0.05) is 14.2 Å². The first-order valence-corrected chi connectivity index (χ1v) is 4.51. The molecule has 5 heteroatoms. The molecule has 0 N–H and O–H groups in total. The summed E-state index contributed by atoms with van der Waals surface area (Å²) in [5, 5.41) is 0. The van der Waals surface area contributed by atoms with Gasteiger partial charge in [-0.25, -0.2) is 0 Å². The summed E-state index contributed by atoms with van der Waals surface area (Å²) in [5.74, 6) is 0. The number of hydrogen-bond donors (Lipinski definition) is 0. The average molecular weight is 218 g/mol. The quantitative estimate of drug-likeness (QED) is 0.247. The fourth-order valence-corrected chi connectivity index (χ4v) is 0.902. The molecule has 0 aliphatic heterocycles. The van der Waals surface area contributed by atoms with Gasteiger partial charge < -0.3 is 18.9 Å². The molecule has 0 amide bonds. The van der Waals surface area contributed by atoms with Gasteiger partial charge in [-0.3, -0.25) is 4.79 Å². The highest BCUT2D eigenvalue weighted by Gasteiger charge is 2.21. The van der Waals surface area contributed by atoms with E-state index in [9.17, 15) is 4.79 Å². The molecule has 0 aliphatic rings. The number of allylic oxidation sites excluding steroid dienone is 1. The molecule has 0 aromatic carbocycles. The predicted molar refractivity (Wildman–Crippen MR) is 54.4 cm³/mol. The number of carbonyl (C=O) groups excluding carboxylic acids is 1. The summed E-state index contributed by atoms with van der Waals surface area (Å²) >= 11 is 0. The van der Waals surface area contributed by atoms with Crippen LogP contribution in [-0.4, -0.2) is 46.3 Å². The highest BCUT2D eigenvalue weighted by Crippen LogP contribution is 2.13. The topological polar surface area (TPSA) is 54.0 Å². The molecule has 0 aromatic heterocycles. The summed E-state index contributed by atoms with van der Waals surface area (Å²) in [6, 6.07) is 0. The van der Waals surface area contributed by atoms with Crippen LogP contribution in [0.15, 0.2) is 12.2 Å². The summed E-state index contributed by atoms with van der Waals surface area (Å²) in [6.45, 7) is 2.40. The van der Waals surface area contributed by atoms with Gasteiger partial charge in [0.25, 0.3) is 0 Å². The molecule has 0 heterocycles. The van der Waals surface area contributed by atoms with E-state index in [0.717, 1.165) is 0 Å². The van der Waals surface area contributed by atoms with Gasteiger partial charge in [-0.1, -0.05) is 0 Å². The first kappa shape index (κ1) is 14.2. The lowest BCUT2D eigenvalue weighted by Crippen LogP contribution is -2.33. The van der Waals surface area contributed by atoms with Crippen LogP contribution in [-0.2, 0) is 23.7 Å². The summed E-state index contributed by atoms with van der Waals surface area (Å²) < 4.78 is 20.1. The van der Waals surface area contributed by atoms with Crippen molar-refractivity contribution < 1.29 is 23.7 Å². The van der Waals surface area contributed by atoms with Crippen molar-refractivity contribution in [2.75, 3.05) is 34.4 Å². The van der Waals surface area contributed by atoms with Gasteiger partial charge in [-0.05, 0) is 19.1 Å². The molecular formula is C10H18O5. The SMILES string of the molecule is COCOCC(C)(/C=C/C=O)OCOC. The van der Waals surface area contributed by atoms with E-state index in [2.05, 4.69) is 0 Å². The molecule has 0 spiro atoms. The Labute approximate surface area is 89.9 Å². The van der Waals surface area contributed by atoms with E-state index in [0.29, 0.717) is 6.29 Å². The lowest BCUT2D eigenvalue weighted by Gasteiger charge is -2.25. The molecule has 0 saturated carbocycles. The lowest BCUT2D eigenvalue weighted by molar-refractivity contribution is -0.145. The molecule has 0 saturated heterocycles. The zero-order valence-electron chi connectivity index (χ0n) is 9.39. The van der Waals surface area contributed by atoms with Crippen molar-refractivity contribution in [3.05, 3.63) is 12.2 Å². The van der Waals surface area contributed by atoms with Crippen molar-refractivity contribution in [3.8, 4) is 0 Å². The second kappa shape index (κ2) is 8.55. The minimum absolute atomic E-state index is 0.135. The average Bonchev–Trinajstić information content (AvgIpc) is 2.24. The Balaban J connectivity index is 4.13. The predicted octanol–water partition coefficient (Wildman–Crippen LogP) is 0.741. The van der Waals surface area contributed by atoms with Crippen LogP contribution in [0.5, 0.6) is 0 Å². The zero-order valence-corrected chi connectivity index (χ0v) is 9.39. The van der Waals surface area contributed by atoms with Gasteiger partial charge in [0.05, 0.1) is 6.61 Å². The monoisotopic (exact) mass is 218 g/mol. The summed E-state index contributed by atoms with van der Waals surface area (Å²) in [5.41, 5.74) is -0.685. The van der Waals surface area contributed by atoms with Crippen molar-refractivity contribution >= 4 is 6.29 Å². The molecule has 0 bridgehead atoms. The van der Waals surface area contributed by atoms with E-state index in [-0.39, 0.29) is 20.2 Å². The van der Waals surface area contributed by atoms with Crippen LogP contribution in [0.2, 0.25) is 0 Å². The molecular weight excluding hydrogens is 200 g/mol. The Kier molecular flexibility index (Phi) is 8.12. The molecule has 88 valence electrons. The minimum Gasteiger partial charge on any atom is -0.359 e. The van der Waals surface area contributed by atoms with Gasteiger partial charge in [0.15, 0.2) is 0 Å². The number of carbonyl (C=O) groups is 1. The molecule has 0 fully saturated rings. The van der Waals surface area contributed by atoms with E-state index < -0.39 is 5.60 Å². The molecule has 0 radical (unpaired) electrons. The number of aldehydes is 1. The van der Waals surface area contributed by atoms with Crippen molar-refractivity contribution in [1.29, 1.82) is 0 Å². The number of hydrogen-bond acceptors (Lipinski definition) is 5. The lowest BCUT2D eigenvalue weighted by atomic mass is 10.1. The molecule has 0 aliphatic carbocycles. The van der Waals surface area contributed by atoms with Crippen LogP contribution in [0.4, 0.5) is 0 Å².